The summed E-state index contributed by atoms with van der Waals surface area (Å²) in [5, 5.41) is 10.5. The molecular weight excluding hydrogens is 324 g/mol. The molecule has 1 N–H and O–H groups in total. The zero-order valence-electron chi connectivity index (χ0n) is 11.0. The van der Waals surface area contributed by atoms with Gasteiger partial charge in [-0.05, 0) is 58.6 Å². The second kappa shape index (κ2) is 6.55. The van der Waals surface area contributed by atoms with Crippen LogP contribution in [0.5, 0.6) is 5.75 Å². The van der Waals surface area contributed by atoms with Crippen molar-refractivity contribution in [3.63, 3.8) is 0 Å². The fourth-order valence-electron chi connectivity index (χ4n) is 1.90. The van der Waals surface area contributed by atoms with Gasteiger partial charge in [0.2, 0.25) is 0 Å². The number of aliphatic hydroxyl groups excluding tert-OH is 1. The second-order valence-electron chi connectivity index (χ2n) is 4.39. The Morgan fingerprint density at radius 2 is 2.16 bits per heavy atom. The van der Waals surface area contributed by atoms with E-state index in [0.29, 0.717) is 6.61 Å². The molecule has 0 bridgehead atoms. The summed E-state index contributed by atoms with van der Waals surface area (Å²) in [4.78, 5) is 1.12. The lowest BCUT2D eigenvalue weighted by Crippen LogP contribution is -2.01. The molecule has 0 aliphatic heterocycles. The van der Waals surface area contributed by atoms with E-state index >= 15 is 0 Å². The number of hydrogen-bond donors (Lipinski definition) is 1. The molecule has 0 spiro atoms. The minimum atomic E-state index is -0.604. The number of aliphatic hydroxyl groups is 1. The van der Waals surface area contributed by atoms with E-state index < -0.39 is 6.10 Å². The molecule has 0 radical (unpaired) electrons. The van der Waals surface area contributed by atoms with Gasteiger partial charge in [-0.3, -0.25) is 0 Å². The lowest BCUT2D eigenvalue weighted by molar-refractivity contribution is 0.219. The number of ether oxygens (including phenoxy) is 1. The summed E-state index contributed by atoms with van der Waals surface area (Å²) >= 11 is 5.09. The summed E-state index contributed by atoms with van der Waals surface area (Å²) in [6.07, 6.45) is 0.372. The molecule has 1 aromatic carbocycles. The SMILES string of the molecule is CCCOc1cccc(C(O)c2cc(Br)sc2C)c1. The molecule has 0 fully saturated rings. The molecular formula is C15H17BrO2S. The summed E-state index contributed by atoms with van der Waals surface area (Å²) < 4.78 is 6.64. The van der Waals surface area contributed by atoms with Gasteiger partial charge in [0.05, 0.1) is 10.4 Å². The van der Waals surface area contributed by atoms with Gasteiger partial charge in [-0.2, -0.15) is 0 Å². The lowest BCUT2D eigenvalue weighted by atomic mass is 10.0. The first-order chi connectivity index (χ1) is 9.11. The third kappa shape index (κ3) is 3.59. The summed E-state index contributed by atoms with van der Waals surface area (Å²) in [6, 6.07) is 9.65. The Balaban J connectivity index is 2.23. The van der Waals surface area contributed by atoms with Gasteiger partial charge >= 0.3 is 0 Å². The van der Waals surface area contributed by atoms with Crippen LogP contribution in [-0.2, 0) is 0 Å². The van der Waals surface area contributed by atoms with Crippen LogP contribution in [0, 0.1) is 6.92 Å². The van der Waals surface area contributed by atoms with E-state index in [1.54, 1.807) is 11.3 Å². The highest BCUT2D eigenvalue weighted by atomic mass is 79.9. The van der Waals surface area contributed by atoms with Crippen molar-refractivity contribution >= 4 is 27.3 Å². The molecule has 0 aliphatic carbocycles. The van der Waals surface area contributed by atoms with Crippen LogP contribution in [0.2, 0.25) is 0 Å². The molecule has 1 unspecified atom stereocenters. The quantitative estimate of drug-likeness (QED) is 0.855. The van der Waals surface area contributed by atoms with E-state index in [0.717, 1.165) is 32.0 Å². The average Bonchev–Trinajstić information content (AvgIpc) is 2.75. The summed E-state index contributed by atoms with van der Waals surface area (Å²) in [6.45, 7) is 4.79. The molecule has 4 heteroatoms. The molecule has 1 heterocycles. The normalized spacial score (nSPS) is 12.4. The Hall–Kier alpha value is -0.840. The van der Waals surface area contributed by atoms with Gasteiger partial charge in [0.25, 0.3) is 0 Å². The number of thiophene rings is 1. The van der Waals surface area contributed by atoms with Crippen molar-refractivity contribution in [2.45, 2.75) is 26.4 Å². The van der Waals surface area contributed by atoms with E-state index in [9.17, 15) is 5.11 Å². The van der Waals surface area contributed by atoms with Gasteiger partial charge in [-0.25, -0.2) is 0 Å². The molecule has 2 nitrogen and oxygen atoms in total. The summed E-state index contributed by atoms with van der Waals surface area (Å²) in [5.74, 6) is 0.811. The lowest BCUT2D eigenvalue weighted by Gasteiger charge is -2.12. The van der Waals surface area contributed by atoms with Gasteiger partial charge in [0.1, 0.15) is 11.9 Å². The van der Waals surface area contributed by atoms with Crippen LogP contribution in [0.15, 0.2) is 34.1 Å². The van der Waals surface area contributed by atoms with Crippen molar-refractivity contribution in [3.8, 4) is 5.75 Å². The minimum Gasteiger partial charge on any atom is -0.494 e. The molecule has 1 aromatic heterocycles. The van der Waals surface area contributed by atoms with Crippen LogP contribution in [0.1, 0.15) is 35.5 Å². The maximum atomic E-state index is 10.5. The molecule has 0 saturated heterocycles. The number of halogens is 1. The molecule has 0 aliphatic rings. The predicted molar refractivity (Wildman–Crippen MR) is 83.0 cm³/mol. The fraction of sp³-hybridized carbons (Fsp3) is 0.333. The third-order valence-corrected chi connectivity index (χ3v) is 4.44. The molecule has 102 valence electrons. The number of rotatable bonds is 5. The van der Waals surface area contributed by atoms with Crippen LogP contribution in [-0.4, -0.2) is 11.7 Å². The smallest absolute Gasteiger partial charge is 0.119 e. The van der Waals surface area contributed by atoms with E-state index in [1.165, 1.54) is 0 Å². The fourth-order valence-corrected chi connectivity index (χ4v) is 3.65. The van der Waals surface area contributed by atoms with Crippen LogP contribution < -0.4 is 4.74 Å². The van der Waals surface area contributed by atoms with Crippen molar-refractivity contribution < 1.29 is 9.84 Å². The third-order valence-electron chi connectivity index (χ3n) is 2.87. The zero-order valence-corrected chi connectivity index (χ0v) is 13.4. The van der Waals surface area contributed by atoms with Crippen LogP contribution >= 0.6 is 27.3 Å². The summed E-state index contributed by atoms with van der Waals surface area (Å²) in [7, 11) is 0. The topological polar surface area (TPSA) is 29.5 Å². The highest BCUT2D eigenvalue weighted by molar-refractivity contribution is 9.11. The standard InChI is InChI=1S/C15H17BrO2S/c1-3-7-18-12-6-4-5-11(8-12)15(17)13-9-14(16)19-10(13)2/h4-6,8-9,15,17H,3,7H2,1-2H3. The summed E-state index contributed by atoms with van der Waals surface area (Å²) in [5.41, 5.74) is 1.81. The molecule has 0 amide bonds. The minimum absolute atomic E-state index is 0.604. The van der Waals surface area contributed by atoms with Crippen molar-refractivity contribution in [3.05, 3.63) is 50.1 Å². The van der Waals surface area contributed by atoms with E-state index in [1.807, 2.05) is 37.3 Å². The first-order valence-corrected chi connectivity index (χ1v) is 7.89. The first kappa shape index (κ1) is 14.6. The molecule has 2 aromatic rings. The molecule has 1 atom stereocenters. The van der Waals surface area contributed by atoms with Gasteiger partial charge in [-0.1, -0.05) is 19.1 Å². The molecule has 19 heavy (non-hydrogen) atoms. The van der Waals surface area contributed by atoms with Gasteiger partial charge in [-0.15, -0.1) is 11.3 Å². The predicted octanol–water partition coefficient (Wildman–Crippen LogP) is 4.69. The van der Waals surface area contributed by atoms with E-state index in [-0.39, 0.29) is 0 Å². The maximum absolute atomic E-state index is 10.5. The number of aryl methyl sites for hydroxylation is 1. The van der Waals surface area contributed by atoms with Gasteiger partial charge in [0, 0.05) is 4.88 Å². The van der Waals surface area contributed by atoms with Gasteiger partial charge < -0.3 is 9.84 Å². The molecule has 0 saturated carbocycles. The van der Waals surface area contributed by atoms with Crippen LogP contribution in [0.3, 0.4) is 0 Å². The van der Waals surface area contributed by atoms with Crippen molar-refractivity contribution in [2.24, 2.45) is 0 Å². The first-order valence-electron chi connectivity index (χ1n) is 6.28. The van der Waals surface area contributed by atoms with Crippen molar-refractivity contribution in [1.29, 1.82) is 0 Å². The Kier molecular flexibility index (Phi) is 5.02. The Morgan fingerprint density at radius 3 is 2.79 bits per heavy atom. The second-order valence-corrected chi connectivity index (χ2v) is 7.02. The maximum Gasteiger partial charge on any atom is 0.119 e. The number of benzene rings is 1. The highest BCUT2D eigenvalue weighted by Crippen LogP contribution is 2.34. The largest absolute Gasteiger partial charge is 0.494 e. The monoisotopic (exact) mass is 340 g/mol. The zero-order chi connectivity index (χ0) is 13.8. The van der Waals surface area contributed by atoms with Crippen molar-refractivity contribution in [1.82, 2.24) is 0 Å². The van der Waals surface area contributed by atoms with E-state index in [2.05, 4.69) is 22.9 Å². The average molecular weight is 341 g/mol. The van der Waals surface area contributed by atoms with E-state index in [4.69, 9.17) is 4.74 Å². The van der Waals surface area contributed by atoms with Gasteiger partial charge in [0.15, 0.2) is 0 Å². The Labute approximate surface area is 126 Å². The van der Waals surface area contributed by atoms with Crippen LogP contribution in [0.4, 0.5) is 0 Å². The van der Waals surface area contributed by atoms with Crippen molar-refractivity contribution in [2.75, 3.05) is 6.61 Å². The molecule has 2 rings (SSSR count). The Bertz CT molecular complexity index is 551. The van der Waals surface area contributed by atoms with Crippen LogP contribution in [0.25, 0.3) is 0 Å². The highest BCUT2D eigenvalue weighted by Gasteiger charge is 2.16. The number of hydrogen-bond acceptors (Lipinski definition) is 3. The Morgan fingerprint density at radius 1 is 1.37 bits per heavy atom.